The van der Waals surface area contributed by atoms with Crippen molar-refractivity contribution in [3.8, 4) is 5.75 Å². The Labute approximate surface area is 157 Å². The number of ether oxygens (including phenoxy) is 1. The molecule has 1 aliphatic heterocycles. The first-order valence-electron chi connectivity index (χ1n) is 9.95. The lowest BCUT2D eigenvalue weighted by atomic mass is 9.99. The molecule has 1 fully saturated rings. The van der Waals surface area contributed by atoms with Gasteiger partial charge in [-0.2, -0.15) is 0 Å². The van der Waals surface area contributed by atoms with Crippen molar-refractivity contribution in [3.63, 3.8) is 0 Å². The third-order valence-corrected chi connectivity index (χ3v) is 4.83. The van der Waals surface area contributed by atoms with E-state index in [0.717, 1.165) is 24.6 Å². The van der Waals surface area contributed by atoms with E-state index in [2.05, 4.69) is 47.8 Å². The van der Waals surface area contributed by atoms with Crippen LogP contribution in [0.5, 0.6) is 5.75 Å². The molecular weight excluding hydrogens is 320 g/mol. The molecule has 1 aliphatic rings. The van der Waals surface area contributed by atoms with Crippen molar-refractivity contribution in [2.45, 2.75) is 51.5 Å². The molecule has 1 heterocycles. The van der Waals surface area contributed by atoms with Crippen molar-refractivity contribution >= 4 is 5.84 Å². The molecule has 0 radical (unpaired) electrons. The Kier molecular flexibility index (Phi) is 7.12. The van der Waals surface area contributed by atoms with Gasteiger partial charge in [0.2, 0.25) is 0 Å². The van der Waals surface area contributed by atoms with E-state index in [4.69, 9.17) is 9.73 Å². The van der Waals surface area contributed by atoms with Gasteiger partial charge in [0, 0.05) is 13.0 Å². The van der Waals surface area contributed by atoms with E-state index in [1.54, 1.807) is 0 Å². The third-order valence-electron chi connectivity index (χ3n) is 4.83. The second-order valence-corrected chi connectivity index (χ2v) is 6.84. The van der Waals surface area contributed by atoms with Gasteiger partial charge in [-0.3, -0.25) is 4.99 Å². The zero-order chi connectivity index (χ0) is 18.0. The highest BCUT2D eigenvalue weighted by atomic mass is 16.5. The second-order valence-electron chi connectivity index (χ2n) is 6.84. The number of rotatable bonds is 5. The summed E-state index contributed by atoms with van der Waals surface area (Å²) >= 11 is 0. The minimum Gasteiger partial charge on any atom is -0.494 e. The van der Waals surface area contributed by atoms with Gasteiger partial charge in [0.05, 0.1) is 12.4 Å². The van der Waals surface area contributed by atoms with E-state index in [-0.39, 0.29) is 6.04 Å². The summed E-state index contributed by atoms with van der Waals surface area (Å²) in [6.07, 6.45) is 7.46. The van der Waals surface area contributed by atoms with Crippen LogP contribution >= 0.6 is 0 Å². The smallest absolute Gasteiger partial charge is 0.119 e. The number of aliphatic imine (C=N–C) groups is 1. The highest BCUT2D eigenvalue weighted by molar-refractivity contribution is 5.82. The van der Waals surface area contributed by atoms with E-state index < -0.39 is 0 Å². The first kappa shape index (κ1) is 18.5. The molecule has 138 valence electrons. The zero-order valence-corrected chi connectivity index (χ0v) is 15.8. The molecule has 0 spiro atoms. The summed E-state index contributed by atoms with van der Waals surface area (Å²) in [4.78, 5) is 5.16. The van der Waals surface area contributed by atoms with Gasteiger partial charge in [0.15, 0.2) is 0 Å². The minimum absolute atomic E-state index is 0.0233. The third kappa shape index (κ3) is 5.35. The Morgan fingerprint density at radius 1 is 0.885 bits per heavy atom. The Bertz CT molecular complexity index is 667. The van der Waals surface area contributed by atoms with Crippen molar-refractivity contribution < 1.29 is 4.74 Å². The molecule has 1 atom stereocenters. The van der Waals surface area contributed by atoms with Crippen LogP contribution in [0.4, 0.5) is 0 Å². The maximum Gasteiger partial charge on any atom is 0.119 e. The van der Waals surface area contributed by atoms with Crippen LogP contribution < -0.4 is 10.1 Å². The number of nitrogens with zero attached hydrogens (tertiary/aromatic N) is 1. The first-order valence-corrected chi connectivity index (χ1v) is 9.95. The average molecular weight is 351 g/mol. The lowest BCUT2D eigenvalue weighted by Gasteiger charge is -2.18. The summed E-state index contributed by atoms with van der Waals surface area (Å²) in [7, 11) is 0. The topological polar surface area (TPSA) is 33.6 Å². The highest BCUT2D eigenvalue weighted by Crippen LogP contribution is 2.28. The summed E-state index contributed by atoms with van der Waals surface area (Å²) in [5, 5.41) is 3.59. The van der Waals surface area contributed by atoms with Crippen molar-refractivity contribution in [1.82, 2.24) is 5.32 Å². The maximum absolute atomic E-state index is 5.59. The van der Waals surface area contributed by atoms with Crippen molar-refractivity contribution in [2.24, 2.45) is 4.99 Å². The summed E-state index contributed by atoms with van der Waals surface area (Å²) in [5.41, 5.74) is 2.43. The molecule has 0 aromatic heterocycles. The number of hydrogen-bond donors (Lipinski definition) is 1. The van der Waals surface area contributed by atoms with Crippen molar-refractivity contribution in [1.29, 1.82) is 0 Å². The van der Waals surface area contributed by atoms with Gasteiger partial charge in [-0.05, 0) is 43.0 Å². The highest BCUT2D eigenvalue weighted by Gasteiger charge is 2.15. The number of amidine groups is 1. The van der Waals surface area contributed by atoms with E-state index in [9.17, 15) is 0 Å². The molecule has 0 bridgehead atoms. The quantitative estimate of drug-likeness (QED) is 0.770. The molecule has 3 heteroatoms. The van der Waals surface area contributed by atoms with Crippen LogP contribution in [0.2, 0.25) is 0 Å². The summed E-state index contributed by atoms with van der Waals surface area (Å²) < 4.78 is 5.59. The van der Waals surface area contributed by atoms with E-state index in [1.165, 1.54) is 43.2 Å². The molecule has 26 heavy (non-hydrogen) atoms. The van der Waals surface area contributed by atoms with Crippen molar-refractivity contribution in [3.05, 3.63) is 65.7 Å². The van der Waals surface area contributed by atoms with Crippen molar-refractivity contribution in [2.75, 3.05) is 13.2 Å². The molecule has 1 saturated heterocycles. The molecule has 2 aromatic rings. The molecule has 3 rings (SSSR count). The molecule has 2 aromatic carbocycles. The van der Waals surface area contributed by atoms with Gasteiger partial charge in [0.25, 0.3) is 0 Å². The standard InChI is InChI=1S/C23H30N2O/c1-2-26-21-16-14-20(15-17-21)23(19-11-7-6-8-12-19)25-22-13-9-4-3-5-10-18-24-22/h6-8,11-12,14-17,23H,2-5,9-10,13,18H2,1H3,(H,24,25). The summed E-state index contributed by atoms with van der Waals surface area (Å²) in [6, 6.07) is 19.0. The van der Waals surface area contributed by atoms with Crippen LogP contribution in [0.1, 0.15) is 62.6 Å². The molecule has 0 saturated carbocycles. The van der Waals surface area contributed by atoms with Crippen LogP contribution in [-0.4, -0.2) is 19.0 Å². The predicted octanol–water partition coefficient (Wildman–Crippen LogP) is 5.52. The fourth-order valence-corrected chi connectivity index (χ4v) is 3.42. The molecular formula is C23H30N2O. The fourth-order valence-electron chi connectivity index (χ4n) is 3.42. The van der Waals surface area contributed by atoms with E-state index >= 15 is 0 Å². The van der Waals surface area contributed by atoms with Crippen LogP contribution in [0.25, 0.3) is 0 Å². The molecule has 0 amide bonds. The molecule has 1 unspecified atom stereocenters. The second kappa shape index (κ2) is 10.0. The van der Waals surface area contributed by atoms with Gasteiger partial charge >= 0.3 is 0 Å². The Morgan fingerprint density at radius 3 is 2.35 bits per heavy atom. The van der Waals surface area contributed by atoms with Crippen LogP contribution in [0.3, 0.4) is 0 Å². The van der Waals surface area contributed by atoms with Gasteiger partial charge < -0.3 is 10.1 Å². The first-order chi connectivity index (χ1) is 12.9. The Morgan fingerprint density at radius 2 is 1.58 bits per heavy atom. The van der Waals surface area contributed by atoms with E-state index in [1.807, 2.05) is 19.1 Å². The number of hydrogen-bond acceptors (Lipinski definition) is 2. The normalized spacial score (nSPS) is 18.3. The predicted molar refractivity (Wildman–Crippen MR) is 109 cm³/mol. The lowest BCUT2D eigenvalue weighted by molar-refractivity contribution is 0.340. The maximum atomic E-state index is 5.59. The largest absolute Gasteiger partial charge is 0.494 e. The average Bonchev–Trinajstić information content (AvgIpc) is 2.82. The van der Waals surface area contributed by atoms with Gasteiger partial charge in [0.1, 0.15) is 11.8 Å². The molecule has 0 aliphatic carbocycles. The van der Waals surface area contributed by atoms with Crippen LogP contribution in [0, 0.1) is 0 Å². The number of benzene rings is 2. The van der Waals surface area contributed by atoms with Gasteiger partial charge in [-0.15, -0.1) is 0 Å². The van der Waals surface area contributed by atoms with E-state index in [0.29, 0.717) is 6.61 Å². The minimum atomic E-state index is 0.0233. The fraction of sp³-hybridized carbons (Fsp3) is 0.435. The number of nitrogens with one attached hydrogen (secondary N) is 1. The van der Waals surface area contributed by atoms with Crippen LogP contribution in [0.15, 0.2) is 59.6 Å². The SMILES string of the molecule is CCOc1ccc(C(N=C2CCCCCCCN2)c2ccccc2)cc1. The van der Waals surface area contributed by atoms with Crippen LogP contribution in [-0.2, 0) is 0 Å². The monoisotopic (exact) mass is 350 g/mol. The summed E-state index contributed by atoms with van der Waals surface area (Å²) in [6.45, 7) is 3.73. The van der Waals surface area contributed by atoms with Gasteiger partial charge in [-0.1, -0.05) is 61.7 Å². The zero-order valence-electron chi connectivity index (χ0n) is 15.8. The van der Waals surface area contributed by atoms with Gasteiger partial charge in [-0.25, -0.2) is 0 Å². The Hall–Kier alpha value is -2.29. The molecule has 3 nitrogen and oxygen atoms in total. The Balaban J connectivity index is 1.88. The molecule has 1 N–H and O–H groups in total. The summed E-state index contributed by atoms with van der Waals surface area (Å²) in [5.74, 6) is 2.06. The lowest BCUT2D eigenvalue weighted by Crippen LogP contribution is -2.25.